The molecule has 0 heterocycles. The van der Waals surface area contributed by atoms with Crippen LogP contribution in [-0.4, -0.2) is 11.3 Å². The van der Waals surface area contributed by atoms with Crippen molar-refractivity contribution in [3.8, 4) is 5.75 Å². The molecule has 0 fully saturated rings. The highest BCUT2D eigenvalue weighted by atomic mass is 19.1. The van der Waals surface area contributed by atoms with Gasteiger partial charge in [0.2, 0.25) is 0 Å². The molecule has 2 nitrogen and oxygen atoms in total. The van der Waals surface area contributed by atoms with Crippen LogP contribution in [0.1, 0.15) is 31.9 Å². The molecule has 0 amide bonds. The minimum atomic E-state index is -0.290. The molecule has 0 saturated heterocycles. The summed E-state index contributed by atoms with van der Waals surface area (Å²) in [7, 11) is 0. The largest absolute Gasteiger partial charge is 0.507 e. The summed E-state index contributed by atoms with van der Waals surface area (Å²) in [4.78, 5) is 4.25. The minimum Gasteiger partial charge on any atom is -0.507 e. The van der Waals surface area contributed by atoms with E-state index in [1.807, 2.05) is 32.9 Å². The summed E-state index contributed by atoms with van der Waals surface area (Å²) in [5.41, 5.74) is 2.04. The fraction of sp³-hybridized carbons (Fsp3) is 0.235. The molecule has 2 aromatic rings. The van der Waals surface area contributed by atoms with E-state index in [1.165, 1.54) is 12.1 Å². The lowest BCUT2D eigenvalue weighted by molar-refractivity contribution is 0.446. The van der Waals surface area contributed by atoms with Crippen LogP contribution in [0.5, 0.6) is 5.75 Å². The van der Waals surface area contributed by atoms with Gasteiger partial charge in [-0.3, -0.25) is 4.99 Å². The third-order valence-corrected chi connectivity index (χ3v) is 3.05. The maximum atomic E-state index is 12.8. The Kier molecular flexibility index (Phi) is 3.89. The summed E-state index contributed by atoms with van der Waals surface area (Å²) in [6.07, 6.45) is 1.60. The van der Waals surface area contributed by atoms with E-state index in [1.54, 1.807) is 24.4 Å². The highest BCUT2D eigenvalue weighted by molar-refractivity contribution is 5.86. The number of aliphatic imine (C=N–C) groups is 1. The molecule has 3 heteroatoms. The maximum Gasteiger partial charge on any atom is 0.128 e. The molecule has 0 aliphatic heterocycles. The summed E-state index contributed by atoms with van der Waals surface area (Å²) in [5, 5.41) is 10.3. The number of aromatic hydroxyl groups is 1. The van der Waals surface area contributed by atoms with Gasteiger partial charge in [0.05, 0.1) is 5.69 Å². The van der Waals surface area contributed by atoms with Crippen LogP contribution < -0.4 is 0 Å². The Morgan fingerprint density at radius 2 is 1.70 bits per heavy atom. The summed E-state index contributed by atoms with van der Waals surface area (Å²) in [5.74, 6) is -0.0487. The van der Waals surface area contributed by atoms with Crippen molar-refractivity contribution in [2.75, 3.05) is 0 Å². The Morgan fingerprint density at radius 1 is 1.05 bits per heavy atom. The highest BCUT2D eigenvalue weighted by Crippen LogP contribution is 2.32. The third kappa shape index (κ3) is 3.23. The lowest BCUT2D eigenvalue weighted by Crippen LogP contribution is -2.11. The molecule has 20 heavy (non-hydrogen) atoms. The van der Waals surface area contributed by atoms with Crippen molar-refractivity contribution in [3.63, 3.8) is 0 Å². The lowest BCUT2D eigenvalue weighted by Gasteiger charge is -2.21. The Morgan fingerprint density at radius 3 is 2.30 bits per heavy atom. The molecule has 2 aromatic carbocycles. The number of benzene rings is 2. The average molecular weight is 271 g/mol. The molecular formula is C17H18FNO. The quantitative estimate of drug-likeness (QED) is 0.797. The predicted molar refractivity (Wildman–Crippen MR) is 80.5 cm³/mol. The Labute approximate surface area is 118 Å². The van der Waals surface area contributed by atoms with Crippen LogP contribution in [0.25, 0.3) is 0 Å². The standard InChI is InChI=1S/C17H18FNO/c1-17(2,3)15-6-4-5-12(16(15)20)11-19-14-9-7-13(18)8-10-14/h4-11,20H,1-3H3. The molecule has 2 rings (SSSR count). The molecule has 0 aliphatic rings. The average Bonchev–Trinajstić information content (AvgIpc) is 2.38. The van der Waals surface area contributed by atoms with E-state index in [-0.39, 0.29) is 17.0 Å². The Bertz CT molecular complexity index is 624. The molecule has 0 aromatic heterocycles. The van der Waals surface area contributed by atoms with E-state index in [0.29, 0.717) is 11.3 Å². The number of hydrogen-bond acceptors (Lipinski definition) is 2. The molecule has 0 aliphatic carbocycles. The number of para-hydroxylation sites is 1. The molecule has 0 unspecified atom stereocenters. The number of hydrogen-bond donors (Lipinski definition) is 1. The summed E-state index contributed by atoms with van der Waals surface area (Å²) < 4.78 is 12.8. The topological polar surface area (TPSA) is 32.6 Å². The van der Waals surface area contributed by atoms with Crippen LogP contribution in [0.4, 0.5) is 10.1 Å². The highest BCUT2D eigenvalue weighted by Gasteiger charge is 2.18. The van der Waals surface area contributed by atoms with Gasteiger partial charge >= 0.3 is 0 Å². The normalized spacial score (nSPS) is 12.0. The van der Waals surface area contributed by atoms with E-state index < -0.39 is 0 Å². The molecule has 0 bridgehead atoms. The van der Waals surface area contributed by atoms with Gasteiger partial charge in [-0.2, -0.15) is 0 Å². The van der Waals surface area contributed by atoms with Gasteiger partial charge in [-0.25, -0.2) is 4.39 Å². The summed E-state index contributed by atoms with van der Waals surface area (Å²) in [6, 6.07) is 11.5. The van der Waals surface area contributed by atoms with Gasteiger partial charge in [-0.05, 0) is 41.3 Å². The maximum absolute atomic E-state index is 12.8. The van der Waals surface area contributed by atoms with Gasteiger partial charge in [0.15, 0.2) is 0 Å². The van der Waals surface area contributed by atoms with Gasteiger partial charge in [0, 0.05) is 11.8 Å². The minimum absolute atomic E-state index is 0.135. The zero-order chi connectivity index (χ0) is 14.8. The SMILES string of the molecule is CC(C)(C)c1cccc(C=Nc2ccc(F)cc2)c1O. The second-order valence-corrected chi connectivity index (χ2v) is 5.73. The lowest BCUT2D eigenvalue weighted by atomic mass is 9.85. The summed E-state index contributed by atoms with van der Waals surface area (Å²) >= 11 is 0. The van der Waals surface area contributed by atoms with Crippen molar-refractivity contribution in [3.05, 3.63) is 59.4 Å². The van der Waals surface area contributed by atoms with Crippen LogP contribution in [0.2, 0.25) is 0 Å². The fourth-order valence-corrected chi connectivity index (χ4v) is 1.94. The van der Waals surface area contributed by atoms with E-state index in [4.69, 9.17) is 0 Å². The first-order valence-electron chi connectivity index (χ1n) is 6.50. The van der Waals surface area contributed by atoms with Gasteiger partial charge in [0.25, 0.3) is 0 Å². The zero-order valence-electron chi connectivity index (χ0n) is 11.9. The molecular weight excluding hydrogens is 253 g/mol. The number of rotatable bonds is 2. The first-order valence-corrected chi connectivity index (χ1v) is 6.50. The Hall–Kier alpha value is -2.16. The Balaban J connectivity index is 2.32. The fourth-order valence-electron chi connectivity index (χ4n) is 1.94. The smallest absolute Gasteiger partial charge is 0.128 e. The number of phenolic OH excluding ortho intramolecular Hbond substituents is 1. The van der Waals surface area contributed by atoms with Crippen molar-refractivity contribution >= 4 is 11.9 Å². The van der Waals surface area contributed by atoms with Crippen LogP contribution in [-0.2, 0) is 5.41 Å². The molecule has 0 spiro atoms. The monoisotopic (exact) mass is 271 g/mol. The number of phenols is 1. The molecule has 1 N–H and O–H groups in total. The molecule has 104 valence electrons. The number of nitrogens with zero attached hydrogens (tertiary/aromatic N) is 1. The van der Waals surface area contributed by atoms with Crippen molar-refractivity contribution in [2.45, 2.75) is 26.2 Å². The van der Waals surface area contributed by atoms with Crippen molar-refractivity contribution in [1.29, 1.82) is 0 Å². The first-order chi connectivity index (χ1) is 9.38. The van der Waals surface area contributed by atoms with Gasteiger partial charge in [0.1, 0.15) is 11.6 Å². The predicted octanol–water partition coefficient (Wildman–Crippen LogP) is 4.58. The van der Waals surface area contributed by atoms with E-state index >= 15 is 0 Å². The van der Waals surface area contributed by atoms with Crippen molar-refractivity contribution < 1.29 is 9.50 Å². The van der Waals surface area contributed by atoms with Crippen molar-refractivity contribution in [2.24, 2.45) is 4.99 Å². The molecule has 0 radical (unpaired) electrons. The van der Waals surface area contributed by atoms with Crippen LogP contribution in [0.3, 0.4) is 0 Å². The second-order valence-electron chi connectivity index (χ2n) is 5.73. The first kappa shape index (κ1) is 14.3. The number of halogens is 1. The van der Waals surface area contributed by atoms with Crippen molar-refractivity contribution in [1.82, 2.24) is 0 Å². The third-order valence-electron chi connectivity index (χ3n) is 3.05. The molecule has 0 saturated carbocycles. The van der Waals surface area contributed by atoms with E-state index in [9.17, 15) is 9.50 Å². The van der Waals surface area contributed by atoms with E-state index in [0.717, 1.165) is 5.56 Å². The van der Waals surface area contributed by atoms with Crippen LogP contribution in [0.15, 0.2) is 47.5 Å². The van der Waals surface area contributed by atoms with Gasteiger partial charge in [-0.1, -0.05) is 32.9 Å². The second kappa shape index (κ2) is 5.45. The zero-order valence-corrected chi connectivity index (χ0v) is 11.9. The van der Waals surface area contributed by atoms with E-state index in [2.05, 4.69) is 4.99 Å². The molecule has 0 atom stereocenters. The van der Waals surface area contributed by atoms with Crippen LogP contribution in [0, 0.1) is 5.82 Å². The summed E-state index contributed by atoms with van der Waals surface area (Å²) in [6.45, 7) is 6.13. The van der Waals surface area contributed by atoms with Gasteiger partial charge < -0.3 is 5.11 Å². The van der Waals surface area contributed by atoms with Gasteiger partial charge in [-0.15, -0.1) is 0 Å². The van der Waals surface area contributed by atoms with Crippen LogP contribution >= 0.6 is 0 Å².